The zero-order valence-electron chi connectivity index (χ0n) is 14.9. The summed E-state index contributed by atoms with van der Waals surface area (Å²) in [5, 5.41) is 0. The van der Waals surface area contributed by atoms with Crippen molar-refractivity contribution in [2.75, 3.05) is 18.5 Å². The van der Waals surface area contributed by atoms with Gasteiger partial charge in [-0.25, -0.2) is 9.79 Å². The van der Waals surface area contributed by atoms with E-state index in [0.717, 1.165) is 22.3 Å². The van der Waals surface area contributed by atoms with E-state index in [2.05, 4.69) is 15.9 Å². The minimum absolute atomic E-state index is 0.180. The topological polar surface area (TPSA) is 59.5 Å². The Morgan fingerprint density at radius 3 is 2.54 bits per heavy atom. The molecule has 3 heterocycles. The predicted molar refractivity (Wildman–Crippen MR) is 102 cm³/mol. The first-order valence-electron chi connectivity index (χ1n) is 8.62. The summed E-state index contributed by atoms with van der Waals surface area (Å²) < 4.78 is 0.997. The number of carbonyl (C=O) groups is 2. The fourth-order valence-electron chi connectivity index (χ4n) is 3.69. The first kappa shape index (κ1) is 17.1. The molecule has 2 atom stereocenters. The highest BCUT2D eigenvalue weighted by Crippen LogP contribution is 2.36. The number of fused-ring (bicyclic) bond motifs is 3. The summed E-state index contributed by atoms with van der Waals surface area (Å²) in [4.78, 5) is 37.1. The number of guanidine groups is 1. The Morgan fingerprint density at radius 2 is 1.88 bits per heavy atom. The van der Waals surface area contributed by atoms with E-state index in [1.165, 1.54) is 4.90 Å². The van der Waals surface area contributed by atoms with E-state index in [9.17, 15) is 9.59 Å². The molecule has 0 spiro atoms. The summed E-state index contributed by atoms with van der Waals surface area (Å²) in [5.74, 6) is 0.506. The number of imide groups is 1. The van der Waals surface area contributed by atoms with Crippen molar-refractivity contribution in [2.45, 2.75) is 32.5 Å². The van der Waals surface area contributed by atoms with Gasteiger partial charge >= 0.3 is 6.03 Å². The molecule has 1 aromatic rings. The summed E-state index contributed by atoms with van der Waals surface area (Å²) >= 11 is 3.45. The first-order valence-corrected chi connectivity index (χ1v) is 9.41. The van der Waals surface area contributed by atoms with Gasteiger partial charge in [0.25, 0.3) is 5.91 Å². The molecule has 3 aliphatic heterocycles. The third-order valence-electron chi connectivity index (χ3n) is 4.92. The molecule has 0 N–H and O–H groups in total. The summed E-state index contributed by atoms with van der Waals surface area (Å²) in [6.07, 6.45) is 2.17. The molecule has 1 fully saturated rings. The number of allylic oxidation sites excluding steroid dienone is 1. The van der Waals surface area contributed by atoms with Gasteiger partial charge in [0.05, 0.1) is 0 Å². The smallest absolute Gasteiger partial charge is 0.302 e. The Kier molecular flexibility index (Phi) is 4.02. The lowest BCUT2D eigenvalue weighted by molar-refractivity contribution is -0.136. The van der Waals surface area contributed by atoms with E-state index in [1.807, 2.05) is 54.1 Å². The van der Waals surface area contributed by atoms with Crippen LogP contribution in [0, 0.1) is 0 Å². The van der Waals surface area contributed by atoms with Crippen molar-refractivity contribution in [2.24, 2.45) is 4.99 Å². The molecule has 0 aromatic heterocycles. The molecule has 0 saturated carbocycles. The zero-order chi connectivity index (χ0) is 18.6. The molecular weight excluding hydrogens is 398 g/mol. The minimum Gasteiger partial charge on any atom is -0.302 e. The standard InChI is InChI=1S/C18H20BrN5O2/c1-4-9-22-16(25)14-15(21(3)18(22)26)20-17-23(14)10-11(2)24(17)13-7-5-12(19)6-8-13/h5-8,10,14-15H,4,9H2,1-3H3. The molecule has 136 valence electrons. The van der Waals surface area contributed by atoms with E-state index in [-0.39, 0.29) is 11.9 Å². The van der Waals surface area contributed by atoms with Crippen LogP contribution in [-0.2, 0) is 4.79 Å². The third kappa shape index (κ3) is 2.35. The van der Waals surface area contributed by atoms with Crippen LogP contribution in [0.25, 0.3) is 0 Å². The molecule has 0 bridgehead atoms. The normalized spacial score (nSPS) is 24.8. The minimum atomic E-state index is -0.505. The number of urea groups is 1. The second kappa shape index (κ2) is 6.12. The van der Waals surface area contributed by atoms with Crippen molar-refractivity contribution in [1.82, 2.24) is 14.7 Å². The van der Waals surface area contributed by atoms with Gasteiger partial charge in [0.2, 0.25) is 5.96 Å². The Morgan fingerprint density at radius 1 is 1.19 bits per heavy atom. The molecule has 0 radical (unpaired) electrons. The second-order valence-electron chi connectivity index (χ2n) is 6.66. The summed E-state index contributed by atoms with van der Waals surface area (Å²) in [5.41, 5.74) is 1.95. The Hall–Kier alpha value is -2.35. The van der Waals surface area contributed by atoms with Gasteiger partial charge in [0.15, 0.2) is 12.2 Å². The SMILES string of the molecule is CCCN1C(=O)C2C(N=C3N(c4ccc(Br)cc4)C(C)=CN32)N(C)C1=O. The largest absolute Gasteiger partial charge is 0.328 e. The van der Waals surface area contributed by atoms with Crippen molar-refractivity contribution in [1.29, 1.82) is 0 Å². The predicted octanol–water partition coefficient (Wildman–Crippen LogP) is 2.80. The van der Waals surface area contributed by atoms with Crippen molar-refractivity contribution in [3.63, 3.8) is 0 Å². The highest BCUT2D eigenvalue weighted by atomic mass is 79.9. The Bertz CT molecular complexity index is 834. The number of nitrogens with zero attached hydrogens (tertiary/aromatic N) is 5. The highest BCUT2D eigenvalue weighted by Gasteiger charge is 2.54. The van der Waals surface area contributed by atoms with Gasteiger partial charge in [0, 0.05) is 35.6 Å². The van der Waals surface area contributed by atoms with Crippen molar-refractivity contribution in [3.05, 3.63) is 40.6 Å². The van der Waals surface area contributed by atoms with Crippen LogP contribution in [0.4, 0.5) is 10.5 Å². The van der Waals surface area contributed by atoms with E-state index < -0.39 is 12.2 Å². The van der Waals surface area contributed by atoms with Crippen molar-refractivity contribution in [3.8, 4) is 0 Å². The molecule has 0 aliphatic carbocycles. The van der Waals surface area contributed by atoms with Crippen LogP contribution in [0.2, 0.25) is 0 Å². The maximum absolute atomic E-state index is 13.0. The number of anilines is 1. The summed E-state index contributed by atoms with van der Waals surface area (Å²) in [6.45, 7) is 4.37. The maximum atomic E-state index is 13.0. The van der Waals surface area contributed by atoms with Crippen LogP contribution in [0.5, 0.6) is 0 Å². The molecule has 1 saturated heterocycles. The van der Waals surface area contributed by atoms with Crippen LogP contribution in [-0.4, -0.2) is 58.4 Å². The van der Waals surface area contributed by atoms with E-state index in [4.69, 9.17) is 4.99 Å². The fraction of sp³-hybridized carbons (Fsp3) is 0.389. The fourth-order valence-corrected chi connectivity index (χ4v) is 3.96. The van der Waals surface area contributed by atoms with Gasteiger partial charge in [0.1, 0.15) is 0 Å². The van der Waals surface area contributed by atoms with Crippen LogP contribution < -0.4 is 4.90 Å². The number of hydrogen-bond donors (Lipinski definition) is 0. The Labute approximate surface area is 160 Å². The molecule has 7 nitrogen and oxygen atoms in total. The van der Waals surface area contributed by atoms with Crippen LogP contribution in [0.3, 0.4) is 0 Å². The molecule has 26 heavy (non-hydrogen) atoms. The van der Waals surface area contributed by atoms with Gasteiger partial charge in [-0.2, -0.15) is 0 Å². The lowest BCUT2D eigenvalue weighted by Crippen LogP contribution is -2.64. The number of amides is 3. The molecule has 8 heteroatoms. The molecule has 3 amide bonds. The van der Waals surface area contributed by atoms with Gasteiger partial charge in [-0.1, -0.05) is 22.9 Å². The van der Waals surface area contributed by atoms with E-state index >= 15 is 0 Å². The number of carbonyl (C=O) groups excluding carboxylic acids is 2. The highest BCUT2D eigenvalue weighted by molar-refractivity contribution is 9.10. The van der Waals surface area contributed by atoms with E-state index in [1.54, 1.807) is 11.9 Å². The van der Waals surface area contributed by atoms with Gasteiger partial charge in [-0.3, -0.25) is 14.6 Å². The average molecular weight is 418 g/mol. The summed E-state index contributed by atoms with van der Waals surface area (Å²) in [6, 6.07) is 7.15. The van der Waals surface area contributed by atoms with Gasteiger partial charge in [-0.15, -0.1) is 0 Å². The first-order chi connectivity index (χ1) is 12.4. The number of benzene rings is 1. The second-order valence-corrected chi connectivity index (χ2v) is 7.58. The number of halogens is 1. The average Bonchev–Trinajstić information content (AvgIpc) is 3.12. The summed E-state index contributed by atoms with van der Waals surface area (Å²) in [7, 11) is 1.71. The molecule has 4 rings (SSSR count). The molecule has 3 aliphatic rings. The van der Waals surface area contributed by atoms with Crippen LogP contribution >= 0.6 is 15.9 Å². The lowest BCUT2D eigenvalue weighted by Gasteiger charge is -2.40. The van der Waals surface area contributed by atoms with Gasteiger partial charge in [-0.05, 0) is 37.6 Å². The molecule has 2 unspecified atom stereocenters. The number of hydrogen-bond acceptors (Lipinski definition) is 5. The third-order valence-corrected chi connectivity index (χ3v) is 5.45. The lowest BCUT2D eigenvalue weighted by atomic mass is 10.1. The van der Waals surface area contributed by atoms with Crippen molar-refractivity contribution < 1.29 is 9.59 Å². The van der Waals surface area contributed by atoms with Gasteiger partial charge < -0.3 is 9.80 Å². The maximum Gasteiger partial charge on any atom is 0.328 e. The van der Waals surface area contributed by atoms with E-state index in [0.29, 0.717) is 12.5 Å². The number of likely N-dealkylation sites (N-methyl/N-ethyl adjacent to an activating group) is 1. The number of aliphatic imine (C=N–C) groups is 1. The Balaban J connectivity index is 1.72. The molecular formula is C18H20BrN5O2. The molecule has 1 aromatic carbocycles. The van der Waals surface area contributed by atoms with Crippen LogP contribution in [0.15, 0.2) is 45.6 Å². The number of rotatable bonds is 3. The van der Waals surface area contributed by atoms with Crippen LogP contribution in [0.1, 0.15) is 20.3 Å². The quantitative estimate of drug-likeness (QED) is 0.758. The zero-order valence-corrected chi connectivity index (χ0v) is 16.5. The monoisotopic (exact) mass is 417 g/mol. The van der Waals surface area contributed by atoms with Crippen molar-refractivity contribution >= 4 is 39.5 Å².